The van der Waals surface area contributed by atoms with Gasteiger partial charge in [-0.05, 0) is 29.1 Å². The molecule has 0 bridgehead atoms. The molecular weight excluding hydrogens is 333 g/mol. The van der Waals surface area contributed by atoms with Crippen molar-refractivity contribution in [2.45, 2.75) is 19.1 Å². The van der Waals surface area contributed by atoms with Crippen LogP contribution in [0.4, 0.5) is 0 Å². The molecule has 0 aliphatic carbocycles. The molecule has 1 saturated heterocycles. The lowest BCUT2D eigenvalue weighted by molar-refractivity contribution is 0.241. The predicted octanol–water partition coefficient (Wildman–Crippen LogP) is 4.35. The number of nitrogens with zero attached hydrogens (tertiary/aromatic N) is 1. The second kappa shape index (κ2) is 8.34. The Labute approximate surface area is 160 Å². The van der Waals surface area contributed by atoms with Crippen LogP contribution in [0.5, 0.6) is 0 Å². The van der Waals surface area contributed by atoms with E-state index in [2.05, 4.69) is 37.3 Å². The Hall–Kier alpha value is -2.69. The first-order valence-electron chi connectivity index (χ1n) is 9.30. The summed E-state index contributed by atoms with van der Waals surface area (Å²) >= 11 is 0. The SMILES string of the molecule is C[C@H](N=Cc1ccccc1B1OC[C@@H](c2ccccc2)O1)c1ccccc1. The van der Waals surface area contributed by atoms with Crippen LogP contribution in [0.3, 0.4) is 0 Å². The van der Waals surface area contributed by atoms with Gasteiger partial charge >= 0.3 is 7.12 Å². The Bertz CT molecular complexity index is 899. The first-order chi connectivity index (χ1) is 13.3. The largest absolute Gasteiger partial charge is 0.495 e. The smallest absolute Gasteiger partial charge is 0.404 e. The van der Waals surface area contributed by atoms with E-state index >= 15 is 0 Å². The summed E-state index contributed by atoms with van der Waals surface area (Å²) in [6, 6.07) is 28.7. The van der Waals surface area contributed by atoms with Crippen molar-refractivity contribution < 1.29 is 9.31 Å². The third-order valence-corrected chi connectivity index (χ3v) is 4.83. The minimum Gasteiger partial charge on any atom is -0.404 e. The molecule has 1 aliphatic heterocycles. The lowest BCUT2D eigenvalue weighted by Crippen LogP contribution is -2.34. The van der Waals surface area contributed by atoms with E-state index in [9.17, 15) is 0 Å². The average molecular weight is 355 g/mol. The van der Waals surface area contributed by atoms with Gasteiger partial charge in [-0.1, -0.05) is 84.9 Å². The first kappa shape index (κ1) is 17.7. The molecule has 3 nitrogen and oxygen atoms in total. The number of benzene rings is 3. The summed E-state index contributed by atoms with van der Waals surface area (Å²) in [4.78, 5) is 4.74. The summed E-state index contributed by atoms with van der Waals surface area (Å²) < 4.78 is 12.1. The van der Waals surface area contributed by atoms with Crippen LogP contribution in [0.2, 0.25) is 0 Å². The lowest BCUT2D eigenvalue weighted by atomic mass is 9.76. The summed E-state index contributed by atoms with van der Waals surface area (Å²) in [5.41, 5.74) is 4.38. The van der Waals surface area contributed by atoms with Gasteiger partial charge in [0.15, 0.2) is 0 Å². The molecule has 3 aromatic carbocycles. The Morgan fingerprint density at radius 1 is 0.926 bits per heavy atom. The molecule has 4 heteroatoms. The van der Waals surface area contributed by atoms with Crippen LogP contribution in [0.25, 0.3) is 0 Å². The van der Waals surface area contributed by atoms with Crippen molar-refractivity contribution in [2.75, 3.05) is 6.61 Å². The molecular formula is C23H22BNO2. The monoisotopic (exact) mass is 355 g/mol. The van der Waals surface area contributed by atoms with Crippen molar-refractivity contribution in [3.8, 4) is 0 Å². The van der Waals surface area contributed by atoms with Crippen LogP contribution >= 0.6 is 0 Å². The van der Waals surface area contributed by atoms with Crippen LogP contribution in [0, 0.1) is 0 Å². The maximum Gasteiger partial charge on any atom is 0.495 e. The number of aliphatic imine (C=N–C) groups is 1. The molecule has 0 spiro atoms. The van der Waals surface area contributed by atoms with E-state index in [1.54, 1.807) is 0 Å². The van der Waals surface area contributed by atoms with Gasteiger partial charge in [0.1, 0.15) is 0 Å². The Morgan fingerprint density at radius 2 is 1.59 bits per heavy atom. The van der Waals surface area contributed by atoms with Crippen molar-refractivity contribution in [2.24, 2.45) is 4.99 Å². The summed E-state index contributed by atoms with van der Waals surface area (Å²) in [7, 11) is -0.370. The molecule has 4 rings (SSSR count). The van der Waals surface area contributed by atoms with Crippen LogP contribution < -0.4 is 5.46 Å². The molecule has 27 heavy (non-hydrogen) atoms. The summed E-state index contributed by atoms with van der Waals surface area (Å²) in [6.07, 6.45) is 1.89. The van der Waals surface area contributed by atoms with E-state index in [1.165, 1.54) is 5.56 Å². The second-order valence-corrected chi connectivity index (χ2v) is 6.69. The fourth-order valence-electron chi connectivity index (χ4n) is 3.26. The standard InChI is InChI=1S/C23H22BNO2/c1-18(19-10-4-2-5-11-19)25-16-21-14-8-9-15-22(21)24-26-17-23(27-24)20-12-6-3-7-13-20/h2-16,18,23H,17H2,1H3/t18-,23-/m0/s1. The minimum atomic E-state index is -0.370. The number of hydrogen-bond donors (Lipinski definition) is 0. The van der Waals surface area contributed by atoms with E-state index in [0.717, 1.165) is 16.6 Å². The first-order valence-corrected chi connectivity index (χ1v) is 9.30. The quantitative estimate of drug-likeness (QED) is 0.503. The Morgan fingerprint density at radius 3 is 2.37 bits per heavy atom. The third-order valence-electron chi connectivity index (χ3n) is 4.83. The van der Waals surface area contributed by atoms with Crippen molar-refractivity contribution >= 4 is 18.8 Å². The zero-order valence-corrected chi connectivity index (χ0v) is 15.4. The van der Waals surface area contributed by atoms with Crippen molar-refractivity contribution in [1.82, 2.24) is 0 Å². The molecule has 0 saturated carbocycles. The molecule has 2 atom stereocenters. The molecule has 1 heterocycles. The second-order valence-electron chi connectivity index (χ2n) is 6.69. The van der Waals surface area contributed by atoms with Crippen molar-refractivity contribution in [3.63, 3.8) is 0 Å². The Balaban J connectivity index is 1.51. The molecule has 134 valence electrons. The van der Waals surface area contributed by atoms with Crippen LogP contribution in [0.15, 0.2) is 89.9 Å². The molecule has 0 unspecified atom stereocenters. The zero-order chi connectivity index (χ0) is 18.5. The number of hydrogen-bond acceptors (Lipinski definition) is 3. The van der Waals surface area contributed by atoms with Gasteiger partial charge in [-0.15, -0.1) is 0 Å². The van der Waals surface area contributed by atoms with E-state index in [0.29, 0.717) is 6.61 Å². The van der Waals surface area contributed by atoms with Gasteiger partial charge in [-0.3, -0.25) is 4.99 Å². The predicted molar refractivity (Wildman–Crippen MR) is 111 cm³/mol. The molecule has 0 amide bonds. The van der Waals surface area contributed by atoms with Gasteiger partial charge in [0.2, 0.25) is 0 Å². The highest BCUT2D eigenvalue weighted by molar-refractivity contribution is 6.63. The highest BCUT2D eigenvalue weighted by atomic mass is 16.6. The zero-order valence-electron chi connectivity index (χ0n) is 15.4. The van der Waals surface area contributed by atoms with Gasteiger partial charge in [0.25, 0.3) is 0 Å². The molecule has 1 aliphatic rings. The molecule has 1 fully saturated rings. The molecule has 0 aromatic heterocycles. The van der Waals surface area contributed by atoms with Crippen LogP contribution in [-0.2, 0) is 9.31 Å². The van der Waals surface area contributed by atoms with Crippen molar-refractivity contribution in [3.05, 3.63) is 102 Å². The molecule has 3 aromatic rings. The molecule has 0 radical (unpaired) electrons. The number of rotatable bonds is 5. The van der Waals surface area contributed by atoms with E-state index in [4.69, 9.17) is 14.3 Å². The van der Waals surface area contributed by atoms with Crippen LogP contribution in [0.1, 0.15) is 35.8 Å². The van der Waals surface area contributed by atoms with E-state index in [-0.39, 0.29) is 19.3 Å². The third kappa shape index (κ3) is 4.18. The maximum absolute atomic E-state index is 6.18. The summed E-state index contributed by atoms with van der Waals surface area (Å²) in [5.74, 6) is 0. The van der Waals surface area contributed by atoms with Gasteiger partial charge in [-0.2, -0.15) is 0 Å². The topological polar surface area (TPSA) is 30.8 Å². The normalized spacial score (nSPS) is 18.1. The fraction of sp³-hybridized carbons (Fsp3) is 0.174. The van der Waals surface area contributed by atoms with Gasteiger partial charge in [-0.25, -0.2) is 0 Å². The van der Waals surface area contributed by atoms with Crippen molar-refractivity contribution in [1.29, 1.82) is 0 Å². The van der Waals surface area contributed by atoms with Gasteiger partial charge in [0.05, 0.1) is 18.8 Å². The highest BCUT2D eigenvalue weighted by Crippen LogP contribution is 2.24. The average Bonchev–Trinajstić information content (AvgIpc) is 3.23. The minimum absolute atomic E-state index is 0.0376. The van der Waals surface area contributed by atoms with Gasteiger partial charge < -0.3 is 9.31 Å². The van der Waals surface area contributed by atoms with Crippen LogP contribution in [-0.4, -0.2) is 19.9 Å². The summed E-state index contributed by atoms with van der Waals surface area (Å²) in [5, 5.41) is 0. The Kier molecular flexibility index (Phi) is 5.47. The van der Waals surface area contributed by atoms with Gasteiger partial charge in [0, 0.05) is 6.21 Å². The van der Waals surface area contributed by atoms with E-state index in [1.807, 2.05) is 60.8 Å². The maximum atomic E-state index is 6.18. The van der Waals surface area contributed by atoms with E-state index < -0.39 is 0 Å². The fourth-order valence-corrected chi connectivity index (χ4v) is 3.26. The lowest BCUT2D eigenvalue weighted by Gasteiger charge is -2.12. The highest BCUT2D eigenvalue weighted by Gasteiger charge is 2.34. The molecule has 0 N–H and O–H groups in total. The summed E-state index contributed by atoms with van der Waals surface area (Å²) in [6.45, 7) is 2.66.